The summed E-state index contributed by atoms with van der Waals surface area (Å²) >= 11 is 3.24. The molecule has 21 heavy (non-hydrogen) atoms. The topological polar surface area (TPSA) is 72.9 Å². The number of hydrogen-bond acceptors (Lipinski definition) is 3. The van der Waals surface area contributed by atoms with Crippen molar-refractivity contribution in [1.82, 2.24) is 9.78 Å². The number of nitrogens with two attached hydrogens (primary N) is 1. The van der Waals surface area contributed by atoms with Gasteiger partial charge in [0, 0.05) is 12.1 Å². The first-order chi connectivity index (χ1) is 10.0. The molecule has 8 heteroatoms. The molecule has 1 aliphatic rings. The van der Waals surface area contributed by atoms with E-state index in [1.165, 1.54) is 22.9 Å². The summed E-state index contributed by atoms with van der Waals surface area (Å²) in [7, 11) is 0. The number of anilines is 1. The third-order valence-electron chi connectivity index (χ3n) is 3.42. The van der Waals surface area contributed by atoms with E-state index in [0.29, 0.717) is 23.3 Å². The van der Waals surface area contributed by atoms with Crippen LogP contribution in [0.15, 0.2) is 22.7 Å². The van der Waals surface area contributed by atoms with Crippen LogP contribution >= 0.6 is 15.9 Å². The van der Waals surface area contributed by atoms with Gasteiger partial charge in [0.2, 0.25) is 0 Å². The van der Waals surface area contributed by atoms with E-state index in [1.807, 2.05) is 0 Å². The number of halogens is 3. The molecular weight excluding hydrogens is 346 g/mol. The van der Waals surface area contributed by atoms with E-state index in [0.717, 1.165) is 0 Å². The van der Waals surface area contributed by atoms with Gasteiger partial charge in [0.05, 0.1) is 10.5 Å². The molecule has 0 radical (unpaired) electrons. The Bertz CT molecular complexity index is 711. The van der Waals surface area contributed by atoms with Crippen molar-refractivity contribution in [2.24, 2.45) is 5.73 Å². The first-order valence-electron chi connectivity index (χ1n) is 6.26. The molecule has 2 heterocycles. The SMILES string of the molecule is NC(=O)c1nn2c(c1Br)NCCC2c1c(F)cccc1F. The second kappa shape index (κ2) is 5.10. The molecule has 0 spiro atoms. The highest BCUT2D eigenvalue weighted by Gasteiger charge is 2.31. The molecule has 3 N–H and O–H groups in total. The summed E-state index contributed by atoms with van der Waals surface area (Å²) in [5, 5.41) is 7.14. The molecule has 110 valence electrons. The number of rotatable bonds is 2. The molecule has 1 aliphatic heterocycles. The van der Waals surface area contributed by atoms with Crippen molar-refractivity contribution in [1.29, 1.82) is 0 Å². The molecule has 0 aliphatic carbocycles. The predicted molar refractivity (Wildman–Crippen MR) is 76.0 cm³/mol. The van der Waals surface area contributed by atoms with Crippen LogP contribution in [0, 0.1) is 11.6 Å². The molecule has 0 bridgehead atoms. The van der Waals surface area contributed by atoms with Crippen LogP contribution in [-0.4, -0.2) is 22.2 Å². The number of hydrogen-bond donors (Lipinski definition) is 2. The van der Waals surface area contributed by atoms with Crippen LogP contribution in [0.3, 0.4) is 0 Å². The molecule has 1 aromatic carbocycles. The fourth-order valence-electron chi connectivity index (χ4n) is 2.50. The fraction of sp³-hybridized carbons (Fsp3) is 0.231. The van der Waals surface area contributed by atoms with E-state index in [2.05, 4.69) is 26.3 Å². The van der Waals surface area contributed by atoms with Crippen LogP contribution in [0.4, 0.5) is 14.6 Å². The maximum Gasteiger partial charge on any atom is 0.270 e. The molecule has 0 saturated carbocycles. The highest BCUT2D eigenvalue weighted by atomic mass is 79.9. The van der Waals surface area contributed by atoms with Crippen molar-refractivity contribution in [3.63, 3.8) is 0 Å². The number of aromatic nitrogens is 2. The molecule has 2 aromatic rings. The van der Waals surface area contributed by atoms with Crippen LogP contribution in [0.2, 0.25) is 0 Å². The maximum absolute atomic E-state index is 14.0. The second-order valence-electron chi connectivity index (χ2n) is 4.69. The summed E-state index contributed by atoms with van der Waals surface area (Å²) in [5.74, 6) is -1.50. The van der Waals surface area contributed by atoms with Gasteiger partial charge >= 0.3 is 0 Å². The second-order valence-corrected chi connectivity index (χ2v) is 5.48. The van der Waals surface area contributed by atoms with E-state index in [1.54, 1.807) is 0 Å². The van der Waals surface area contributed by atoms with Gasteiger partial charge in [0.1, 0.15) is 17.5 Å². The molecule has 0 fully saturated rings. The Balaban J connectivity index is 2.17. The summed E-state index contributed by atoms with van der Waals surface area (Å²) < 4.78 is 29.8. The van der Waals surface area contributed by atoms with Crippen molar-refractivity contribution in [3.8, 4) is 0 Å². The van der Waals surface area contributed by atoms with Crippen molar-refractivity contribution in [2.45, 2.75) is 12.5 Å². The summed E-state index contributed by atoms with van der Waals surface area (Å²) in [6.07, 6.45) is 0.442. The first-order valence-corrected chi connectivity index (χ1v) is 7.05. The predicted octanol–water partition coefficient (Wildman–Crippen LogP) is 2.43. The lowest BCUT2D eigenvalue weighted by atomic mass is 10.0. The lowest BCUT2D eigenvalue weighted by Gasteiger charge is -2.26. The van der Waals surface area contributed by atoms with Crippen LogP contribution < -0.4 is 11.1 Å². The van der Waals surface area contributed by atoms with E-state index in [9.17, 15) is 13.6 Å². The van der Waals surface area contributed by atoms with Gasteiger partial charge in [-0.3, -0.25) is 4.79 Å². The molecular formula is C13H11BrF2N4O. The van der Waals surface area contributed by atoms with Gasteiger partial charge in [-0.05, 0) is 34.5 Å². The lowest BCUT2D eigenvalue weighted by Crippen LogP contribution is -2.26. The number of carbonyl (C=O) groups excluding carboxylic acids is 1. The van der Waals surface area contributed by atoms with E-state index >= 15 is 0 Å². The molecule has 0 saturated heterocycles. The largest absolute Gasteiger partial charge is 0.369 e. The monoisotopic (exact) mass is 356 g/mol. The Morgan fingerprint density at radius 1 is 1.43 bits per heavy atom. The highest BCUT2D eigenvalue weighted by molar-refractivity contribution is 9.10. The Morgan fingerprint density at radius 3 is 2.71 bits per heavy atom. The minimum absolute atomic E-state index is 0.0288. The molecule has 3 rings (SSSR count). The third-order valence-corrected chi connectivity index (χ3v) is 4.18. The quantitative estimate of drug-likeness (QED) is 0.867. The maximum atomic E-state index is 14.0. The average Bonchev–Trinajstić information content (AvgIpc) is 2.77. The number of primary amides is 1. The van der Waals surface area contributed by atoms with Gasteiger partial charge < -0.3 is 11.1 Å². The minimum Gasteiger partial charge on any atom is -0.369 e. The standard InChI is InChI=1S/C13H11BrF2N4O/c14-10-11(12(17)21)19-20-8(4-5-18-13(10)20)9-6(15)2-1-3-7(9)16/h1-3,8,18H,4-5H2,(H2,17,21). The van der Waals surface area contributed by atoms with Crippen molar-refractivity contribution in [3.05, 3.63) is 45.6 Å². The van der Waals surface area contributed by atoms with Gasteiger partial charge in [0.25, 0.3) is 5.91 Å². The van der Waals surface area contributed by atoms with Crippen LogP contribution in [0.1, 0.15) is 28.5 Å². The Labute approximate surface area is 127 Å². The van der Waals surface area contributed by atoms with Crippen molar-refractivity contribution in [2.75, 3.05) is 11.9 Å². The Hall–Kier alpha value is -1.96. The van der Waals surface area contributed by atoms with Crippen LogP contribution in [0.25, 0.3) is 0 Å². The van der Waals surface area contributed by atoms with Gasteiger partial charge in [-0.1, -0.05) is 6.07 Å². The van der Waals surface area contributed by atoms with Gasteiger partial charge in [0.15, 0.2) is 5.69 Å². The number of nitrogens with one attached hydrogen (secondary N) is 1. The smallest absolute Gasteiger partial charge is 0.270 e. The number of nitrogens with zero attached hydrogens (tertiary/aromatic N) is 2. The Kier molecular flexibility index (Phi) is 3.40. The zero-order valence-corrected chi connectivity index (χ0v) is 12.3. The van der Waals surface area contributed by atoms with Crippen molar-refractivity contribution < 1.29 is 13.6 Å². The zero-order valence-electron chi connectivity index (χ0n) is 10.7. The molecule has 1 atom stereocenters. The zero-order chi connectivity index (χ0) is 15.1. The lowest BCUT2D eigenvalue weighted by molar-refractivity contribution is 0.0994. The van der Waals surface area contributed by atoms with Crippen LogP contribution in [-0.2, 0) is 0 Å². The number of fused-ring (bicyclic) bond motifs is 1. The summed E-state index contributed by atoms with van der Waals surface area (Å²) in [5.41, 5.74) is 5.22. The fourth-order valence-corrected chi connectivity index (χ4v) is 3.10. The highest BCUT2D eigenvalue weighted by Crippen LogP contribution is 2.37. The van der Waals surface area contributed by atoms with Crippen molar-refractivity contribution >= 4 is 27.7 Å². The summed E-state index contributed by atoms with van der Waals surface area (Å²) in [4.78, 5) is 11.4. The van der Waals surface area contributed by atoms with E-state index in [4.69, 9.17) is 5.73 Å². The third kappa shape index (κ3) is 2.19. The van der Waals surface area contributed by atoms with E-state index < -0.39 is 23.6 Å². The van der Waals surface area contributed by atoms with Gasteiger partial charge in [-0.25, -0.2) is 13.5 Å². The average molecular weight is 357 g/mol. The van der Waals surface area contributed by atoms with Gasteiger partial charge in [-0.15, -0.1) is 0 Å². The van der Waals surface area contributed by atoms with E-state index in [-0.39, 0.29) is 11.3 Å². The summed E-state index contributed by atoms with van der Waals surface area (Å²) in [6, 6.07) is 3.08. The number of carbonyl (C=O) groups is 1. The molecule has 1 unspecified atom stereocenters. The number of benzene rings is 1. The van der Waals surface area contributed by atoms with Crippen LogP contribution in [0.5, 0.6) is 0 Å². The number of amides is 1. The minimum atomic E-state index is -0.710. The molecule has 1 amide bonds. The molecule has 1 aromatic heterocycles. The molecule has 5 nitrogen and oxygen atoms in total. The Morgan fingerprint density at radius 2 is 2.10 bits per heavy atom. The summed E-state index contributed by atoms with van der Waals surface area (Å²) in [6.45, 7) is 0.501. The normalized spacial score (nSPS) is 17.2. The van der Waals surface area contributed by atoms with Gasteiger partial charge in [-0.2, -0.15) is 5.10 Å². The first kappa shape index (κ1) is 14.0.